The van der Waals surface area contributed by atoms with Gasteiger partial charge in [0.25, 0.3) is 5.91 Å². The van der Waals surface area contributed by atoms with Crippen molar-refractivity contribution in [2.24, 2.45) is 0 Å². The van der Waals surface area contributed by atoms with E-state index in [1.165, 1.54) is 5.32 Å². The van der Waals surface area contributed by atoms with Crippen LogP contribution in [0.15, 0.2) is 30.3 Å². The minimum absolute atomic E-state index is 0.0674. The Morgan fingerprint density at radius 2 is 1.34 bits per heavy atom. The normalized spacial score (nSPS) is 13.0. The van der Waals surface area contributed by atoms with Gasteiger partial charge in [-0.05, 0) is 18.2 Å². The van der Waals surface area contributed by atoms with Crippen molar-refractivity contribution in [3.63, 3.8) is 0 Å². The zero-order valence-corrected chi connectivity index (χ0v) is 22.0. The fraction of sp³-hybridized carbons (Fsp3) is 0.348. The van der Waals surface area contributed by atoms with Crippen LogP contribution in [0.25, 0.3) is 0 Å². The second-order valence-electron chi connectivity index (χ2n) is 9.10. The largest absolute Gasteiger partial charge is 0.435 e. The van der Waals surface area contributed by atoms with Gasteiger partial charge in [0.15, 0.2) is 5.82 Å². The molecule has 0 aliphatic heterocycles. The molecular weight excluding hydrogens is 643 g/mol. The smallest absolute Gasteiger partial charge is 0.328 e. The molecule has 1 N–H and O–H groups in total. The molecule has 0 aliphatic carbocycles. The molecule has 0 aromatic heterocycles. The van der Waals surface area contributed by atoms with E-state index in [1.807, 2.05) is 0 Å². The number of hydrogen-bond donors (Lipinski definition) is 1. The van der Waals surface area contributed by atoms with Crippen LogP contribution in [-0.2, 0) is 21.4 Å². The molecule has 0 aliphatic rings. The number of nitrogens with zero attached hydrogens (tertiary/aromatic N) is 2. The van der Waals surface area contributed by atoms with Crippen LogP contribution < -0.4 is 15.7 Å². The Labute approximate surface area is 238 Å². The van der Waals surface area contributed by atoms with Gasteiger partial charge in [0.2, 0.25) is 0 Å². The topological polar surface area (TPSA) is 69.7 Å². The summed E-state index contributed by atoms with van der Waals surface area (Å²) in [6, 6.07) is 1.06. The van der Waals surface area contributed by atoms with E-state index in [4.69, 9.17) is 0 Å². The van der Waals surface area contributed by atoms with Crippen molar-refractivity contribution < 1.29 is 75.8 Å². The van der Waals surface area contributed by atoms with E-state index in [9.17, 15) is 71.5 Å². The molecule has 0 saturated carbocycles. The Morgan fingerprint density at radius 3 is 1.80 bits per heavy atom. The van der Waals surface area contributed by atoms with Crippen molar-refractivity contribution in [1.29, 1.82) is 0 Å². The summed E-state index contributed by atoms with van der Waals surface area (Å²) < 4.78 is 188. The number of hydrogen-bond acceptors (Lipinski definition) is 3. The van der Waals surface area contributed by atoms with Gasteiger partial charge in [-0.25, -0.2) is 8.78 Å². The fourth-order valence-electron chi connectivity index (χ4n) is 3.76. The number of nitrogens with one attached hydrogen (secondary N) is 1. The van der Waals surface area contributed by atoms with Gasteiger partial charge < -0.3 is 15.1 Å². The minimum atomic E-state index is -6.78. The van der Waals surface area contributed by atoms with Crippen LogP contribution in [0, 0.1) is 5.82 Å². The number of carbonyl (C=O) groups is 3. The van der Waals surface area contributed by atoms with Gasteiger partial charge in [-0.15, -0.1) is 0 Å². The first-order valence-corrected chi connectivity index (χ1v) is 11.4. The van der Waals surface area contributed by atoms with E-state index in [0.29, 0.717) is 28.0 Å². The number of likely N-dealkylation sites (N-methyl/N-ethyl adjacent to an activating group) is 2. The molecule has 0 heterocycles. The van der Waals surface area contributed by atoms with Crippen LogP contribution in [0.3, 0.4) is 0 Å². The monoisotopic (exact) mass is 659 g/mol. The second-order valence-corrected chi connectivity index (χ2v) is 9.10. The first-order chi connectivity index (χ1) is 19.6. The van der Waals surface area contributed by atoms with Gasteiger partial charge in [0, 0.05) is 25.3 Å². The second kappa shape index (κ2) is 11.8. The lowest BCUT2D eigenvalue weighted by Crippen LogP contribution is -2.51. The molecule has 0 radical (unpaired) electrons. The van der Waals surface area contributed by atoms with E-state index in [2.05, 4.69) is 0 Å². The van der Waals surface area contributed by atoms with Crippen molar-refractivity contribution in [1.82, 2.24) is 4.90 Å². The van der Waals surface area contributed by atoms with Crippen LogP contribution in [0.5, 0.6) is 0 Å². The number of amides is 3. The number of rotatable bonds is 5. The average molecular weight is 659 g/mol. The Morgan fingerprint density at radius 1 is 0.818 bits per heavy atom. The molecule has 2 rings (SSSR count). The predicted molar refractivity (Wildman–Crippen MR) is 126 cm³/mol. The minimum Gasteiger partial charge on any atom is -0.328 e. The predicted octanol–water partition coefficient (Wildman–Crippen LogP) is 4.63. The Bertz CT molecular complexity index is 1440. The van der Waals surface area contributed by atoms with Crippen molar-refractivity contribution in [2.45, 2.75) is 30.4 Å². The number of alkyl halides is 13. The van der Waals surface area contributed by atoms with Gasteiger partial charge in [-0.3, -0.25) is 14.4 Å². The molecule has 0 spiro atoms. The zero-order chi connectivity index (χ0) is 34.4. The third-order valence-corrected chi connectivity index (χ3v) is 5.89. The highest BCUT2D eigenvalue weighted by Gasteiger charge is 2.73. The highest BCUT2D eigenvalue weighted by atomic mass is 19.4. The summed E-state index contributed by atoms with van der Waals surface area (Å²) in [6.45, 7) is -1.88. The highest BCUT2D eigenvalue weighted by Crippen LogP contribution is 2.54. The van der Waals surface area contributed by atoms with Gasteiger partial charge in [0.05, 0.1) is 16.8 Å². The molecule has 242 valence electrons. The maximum atomic E-state index is 15.2. The third kappa shape index (κ3) is 7.17. The van der Waals surface area contributed by atoms with Gasteiger partial charge >= 0.3 is 42.2 Å². The SMILES string of the molecule is Bc1cc(C(F)(C(F)(F)F)C(F)(F)F)cc(C(F)(F)F)c1NC(=O)c1cccc(N(C)C(=O)C(=O)N(C)CC(F)(F)F)c1F. The molecule has 21 heteroatoms. The Hall–Kier alpha value is -4.07. The van der Waals surface area contributed by atoms with E-state index < -0.39 is 100 Å². The molecular formula is C23H16BF14N3O3. The van der Waals surface area contributed by atoms with Gasteiger partial charge in [0.1, 0.15) is 14.4 Å². The number of anilines is 2. The molecule has 0 bridgehead atoms. The van der Waals surface area contributed by atoms with Crippen LogP contribution in [0.1, 0.15) is 21.5 Å². The van der Waals surface area contributed by atoms with Gasteiger partial charge in [-0.2, -0.15) is 52.7 Å². The molecule has 6 nitrogen and oxygen atoms in total. The van der Waals surface area contributed by atoms with Crippen LogP contribution in [-0.4, -0.2) is 69.6 Å². The van der Waals surface area contributed by atoms with Gasteiger partial charge in [-0.1, -0.05) is 17.6 Å². The number of carbonyl (C=O) groups excluding carboxylic acids is 3. The molecule has 0 saturated heterocycles. The summed E-state index contributed by atoms with van der Waals surface area (Å²) in [6.07, 6.45) is -24.3. The average Bonchev–Trinajstić information content (AvgIpc) is 2.84. The lowest BCUT2D eigenvalue weighted by Gasteiger charge is -2.31. The number of halogens is 14. The summed E-state index contributed by atoms with van der Waals surface area (Å²) in [5.41, 5.74) is -16.0. The van der Waals surface area contributed by atoms with Crippen molar-refractivity contribution in [2.75, 3.05) is 30.9 Å². The molecule has 44 heavy (non-hydrogen) atoms. The first kappa shape index (κ1) is 36.1. The van der Waals surface area contributed by atoms with E-state index in [0.717, 1.165) is 12.1 Å². The fourth-order valence-corrected chi connectivity index (χ4v) is 3.76. The third-order valence-electron chi connectivity index (χ3n) is 5.89. The van der Waals surface area contributed by atoms with E-state index in [1.54, 1.807) is 0 Å². The summed E-state index contributed by atoms with van der Waals surface area (Å²) >= 11 is 0. The summed E-state index contributed by atoms with van der Waals surface area (Å²) in [5, 5.41) is 1.47. The van der Waals surface area contributed by atoms with Crippen LogP contribution in [0.2, 0.25) is 0 Å². The molecule has 2 aromatic carbocycles. The highest BCUT2D eigenvalue weighted by molar-refractivity contribution is 6.40. The molecule has 2 aromatic rings. The van der Waals surface area contributed by atoms with Crippen LogP contribution in [0.4, 0.5) is 72.8 Å². The Balaban J connectivity index is 2.57. The van der Waals surface area contributed by atoms with Crippen molar-refractivity contribution in [3.8, 4) is 0 Å². The summed E-state index contributed by atoms with van der Waals surface area (Å²) in [7, 11) is 1.77. The first-order valence-electron chi connectivity index (χ1n) is 11.4. The number of benzene rings is 2. The maximum Gasteiger partial charge on any atom is 0.435 e. The van der Waals surface area contributed by atoms with Crippen molar-refractivity contribution in [3.05, 3.63) is 52.8 Å². The zero-order valence-electron chi connectivity index (χ0n) is 22.0. The molecule has 0 atom stereocenters. The standard InChI is InChI=1S/C23H16BF14N3O3/c1-40(8-19(26,27)28)17(43)18(44)41(2)13-5-3-4-10(14(13)25)16(42)39-15-11(21(30,31)32)6-9(7-12(15)24)20(29,22(33,34)35)23(36,37)38/h3-7H,8,24H2,1-2H3,(H,39,42). The Kier molecular flexibility index (Phi) is 9.68. The molecule has 0 fully saturated rings. The van der Waals surface area contributed by atoms with E-state index in [-0.39, 0.29) is 15.9 Å². The maximum absolute atomic E-state index is 15.2. The molecule has 3 amide bonds. The van der Waals surface area contributed by atoms with Crippen molar-refractivity contribution >= 4 is 42.4 Å². The lowest BCUT2D eigenvalue weighted by atomic mass is 9.83. The summed E-state index contributed by atoms with van der Waals surface area (Å²) in [5.74, 6) is -7.08. The molecule has 0 unspecified atom stereocenters. The quantitative estimate of drug-likeness (QED) is 0.290. The van der Waals surface area contributed by atoms with Crippen LogP contribution >= 0.6 is 0 Å². The van der Waals surface area contributed by atoms with E-state index >= 15 is 4.39 Å². The summed E-state index contributed by atoms with van der Waals surface area (Å²) in [4.78, 5) is 37.2. The lowest BCUT2D eigenvalue weighted by molar-refractivity contribution is -0.348.